The van der Waals surface area contributed by atoms with E-state index in [1.807, 2.05) is 28.8 Å². The maximum atomic E-state index is 13.4. The lowest BCUT2D eigenvalue weighted by Gasteiger charge is -2.31. The molecule has 0 radical (unpaired) electrons. The predicted octanol–water partition coefficient (Wildman–Crippen LogP) is 2.91. The Morgan fingerprint density at radius 3 is 2.94 bits per heavy atom. The zero-order valence-electron chi connectivity index (χ0n) is 18.3. The van der Waals surface area contributed by atoms with Gasteiger partial charge in [0, 0.05) is 25.3 Å². The summed E-state index contributed by atoms with van der Waals surface area (Å²) in [4.78, 5) is 19.8. The highest BCUT2D eigenvalue weighted by molar-refractivity contribution is 6.08. The third-order valence-electron chi connectivity index (χ3n) is 5.69. The largest absolute Gasteiger partial charge is 0.486 e. The summed E-state index contributed by atoms with van der Waals surface area (Å²) in [5, 5.41) is 8.25. The van der Waals surface area contributed by atoms with Crippen molar-refractivity contribution in [3.8, 4) is 23.0 Å². The Balaban J connectivity index is 1.44. The number of ether oxygens (including phenoxy) is 3. The van der Waals surface area contributed by atoms with E-state index in [9.17, 15) is 4.79 Å². The van der Waals surface area contributed by atoms with Gasteiger partial charge in [-0.15, -0.1) is 10.2 Å². The van der Waals surface area contributed by atoms with E-state index >= 15 is 0 Å². The van der Waals surface area contributed by atoms with Gasteiger partial charge in [0.25, 0.3) is 5.91 Å². The van der Waals surface area contributed by atoms with Crippen molar-refractivity contribution in [2.45, 2.75) is 32.4 Å². The summed E-state index contributed by atoms with van der Waals surface area (Å²) in [5.41, 5.74) is 2.24. The van der Waals surface area contributed by atoms with Gasteiger partial charge in [0.15, 0.2) is 23.4 Å². The number of hydrogen-bond acceptors (Lipinski definition) is 7. The molecule has 3 aromatic rings. The lowest BCUT2D eigenvalue weighted by molar-refractivity contribution is 0.0270. The Bertz CT molecular complexity index is 1160. The SMILES string of the molecule is COCC1COc2cc3c(cc2O1)CCN(c1cccc(-c2nncn2C(C)C)n1)C3=O. The van der Waals surface area contributed by atoms with Gasteiger partial charge in [-0.3, -0.25) is 9.69 Å². The molecule has 1 atom stereocenters. The summed E-state index contributed by atoms with van der Waals surface area (Å²) < 4.78 is 18.9. The van der Waals surface area contributed by atoms with Crippen LogP contribution in [0.5, 0.6) is 11.5 Å². The van der Waals surface area contributed by atoms with Gasteiger partial charge in [0.1, 0.15) is 24.4 Å². The van der Waals surface area contributed by atoms with Crippen LogP contribution in [0.2, 0.25) is 0 Å². The molecule has 1 aromatic carbocycles. The van der Waals surface area contributed by atoms with Crippen molar-refractivity contribution in [3.05, 3.63) is 47.8 Å². The number of nitrogens with zero attached hydrogens (tertiary/aromatic N) is 5. The molecule has 0 N–H and O–H groups in total. The van der Waals surface area contributed by atoms with E-state index in [0.717, 1.165) is 5.56 Å². The van der Waals surface area contributed by atoms with Crippen LogP contribution in [0.3, 0.4) is 0 Å². The van der Waals surface area contributed by atoms with Gasteiger partial charge in [0.2, 0.25) is 0 Å². The second-order valence-electron chi connectivity index (χ2n) is 8.21. The van der Waals surface area contributed by atoms with E-state index in [1.54, 1.807) is 24.4 Å². The molecule has 1 unspecified atom stereocenters. The minimum atomic E-state index is -0.152. The van der Waals surface area contributed by atoms with Crippen molar-refractivity contribution in [2.75, 3.05) is 31.8 Å². The fourth-order valence-corrected chi connectivity index (χ4v) is 4.08. The molecule has 0 aliphatic carbocycles. The Hall–Kier alpha value is -3.46. The lowest BCUT2D eigenvalue weighted by Crippen LogP contribution is -2.39. The first-order valence-electron chi connectivity index (χ1n) is 10.7. The molecule has 1 amide bonds. The Kier molecular flexibility index (Phi) is 5.26. The molecule has 0 saturated heterocycles. The summed E-state index contributed by atoms with van der Waals surface area (Å²) in [6.07, 6.45) is 2.24. The molecular weight excluding hydrogens is 410 g/mol. The van der Waals surface area contributed by atoms with Gasteiger partial charge >= 0.3 is 0 Å². The molecule has 0 bridgehead atoms. The van der Waals surface area contributed by atoms with Crippen LogP contribution >= 0.6 is 0 Å². The Labute approximate surface area is 185 Å². The van der Waals surface area contributed by atoms with Crippen molar-refractivity contribution in [2.24, 2.45) is 0 Å². The first kappa shape index (κ1) is 20.4. The molecule has 4 heterocycles. The summed E-state index contributed by atoms with van der Waals surface area (Å²) >= 11 is 0. The minimum Gasteiger partial charge on any atom is -0.486 e. The summed E-state index contributed by atoms with van der Waals surface area (Å²) in [6, 6.07) is 9.51. The van der Waals surface area contributed by atoms with Gasteiger partial charge in [-0.2, -0.15) is 0 Å². The molecular formula is C23H25N5O4. The van der Waals surface area contributed by atoms with Crippen molar-refractivity contribution in [3.63, 3.8) is 0 Å². The lowest BCUT2D eigenvalue weighted by atomic mass is 9.97. The maximum Gasteiger partial charge on any atom is 0.259 e. The minimum absolute atomic E-state index is 0.105. The Morgan fingerprint density at radius 2 is 2.12 bits per heavy atom. The van der Waals surface area contributed by atoms with Crippen LogP contribution in [0.4, 0.5) is 5.82 Å². The molecule has 2 aliphatic heterocycles. The number of carbonyl (C=O) groups is 1. The van der Waals surface area contributed by atoms with Gasteiger partial charge in [0.05, 0.1) is 6.61 Å². The van der Waals surface area contributed by atoms with E-state index in [-0.39, 0.29) is 18.1 Å². The predicted molar refractivity (Wildman–Crippen MR) is 117 cm³/mol. The number of carbonyl (C=O) groups excluding carboxylic acids is 1. The van der Waals surface area contributed by atoms with Gasteiger partial charge < -0.3 is 18.8 Å². The first-order chi connectivity index (χ1) is 15.5. The number of pyridine rings is 1. The third kappa shape index (κ3) is 3.58. The van der Waals surface area contributed by atoms with E-state index < -0.39 is 0 Å². The molecule has 9 nitrogen and oxygen atoms in total. The normalized spacial score (nSPS) is 17.6. The summed E-state index contributed by atoms with van der Waals surface area (Å²) in [7, 11) is 1.63. The van der Waals surface area contributed by atoms with E-state index in [0.29, 0.717) is 60.6 Å². The van der Waals surface area contributed by atoms with Crippen LogP contribution < -0.4 is 14.4 Å². The topological polar surface area (TPSA) is 91.6 Å². The number of amides is 1. The molecule has 0 spiro atoms. The first-order valence-corrected chi connectivity index (χ1v) is 10.7. The average molecular weight is 435 g/mol. The van der Waals surface area contributed by atoms with E-state index in [2.05, 4.69) is 24.0 Å². The fraction of sp³-hybridized carbons (Fsp3) is 0.391. The molecule has 9 heteroatoms. The second kappa shape index (κ2) is 8.23. The highest BCUT2D eigenvalue weighted by atomic mass is 16.6. The highest BCUT2D eigenvalue weighted by Gasteiger charge is 2.31. The number of methoxy groups -OCH3 is 1. The maximum absolute atomic E-state index is 13.4. The van der Waals surface area contributed by atoms with Gasteiger partial charge in [-0.1, -0.05) is 6.07 Å². The van der Waals surface area contributed by atoms with Crippen molar-refractivity contribution < 1.29 is 19.0 Å². The molecule has 0 fully saturated rings. The molecule has 0 saturated carbocycles. The number of fused-ring (bicyclic) bond motifs is 2. The third-order valence-corrected chi connectivity index (χ3v) is 5.69. The summed E-state index contributed by atoms with van der Waals surface area (Å²) in [5.74, 6) is 2.40. The van der Waals surface area contributed by atoms with Crippen molar-refractivity contribution >= 4 is 11.7 Å². The zero-order valence-corrected chi connectivity index (χ0v) is 18.3. The van der Waals surface area contributed by atoms with Crippen LogP contribution in [0.1, 0.15) is 35.8 Å². The summed E-state index contributed by atoms with van der Waals surface area (Å²) in [6.45, 7) is 5.49. The number of hydrogen-bond donors (Lipinski definition) is 0. The number of aromatic nitrogens is 4. The number of benzene rings is 1. The van der Waals surface area contributed by atoms with Crippen LogP contribution in [0.15, 0.2) is 36.7 Å². The standard InChI is InChI=1S/C23H25N5O4/c1-14(2)28-13-24-26-22(28)18-5-4-6-21(25-18)27-8-7-15-9-20-19(10-17(15)23(27)29)31-12-16(32-20)11-30-3/h4-6,9-10,13-14,16H,7-8,11-12H2,1-3H3. The van der Waals surface area contributed by atoms with E-state index in [1.165, 1.54) is 0 Å². The molecule has 2 aromatic heterocycles. The van der Waals surface area contributed by atoms with Crippen LogP contribution in [0, 0.1) is 0 Å². The second-order valence-corrected chi connectivity index (χ2v) is 8.21. The number of anilines is 1. The van der Waals surface area contributed by atoms with Gasteiger partial charge in [-0.25, -0.2) is 4.98 Å². The Morgan fingerprint density at radius 1 is 1.25 bits per heavy atom. The van der Waals surface area contributed by atoms with Crippen molar-refractivity contribution in [1.82, 2.24) is 19.7 Å². The monoisotopic (exact) mass is 435 g/mol. The van der Waals surface area contributed by atoms with Gasteiger partial charge in [-0.05, 0) is 50.1 Å². The fourth-order valence-electron chi connectivity index (χ4n) is 4.08. The van der Waals surface area contributed by atoms with Crippen LogP contribution in [-0.4, -0.2) is 58.6 Å². The molecule has 32 heavy (non-hydrogen) atoms. The molecule has 2 aliphatic rings. The highest BCUT2D eigenvalue weighted by Crippen LogP contribution is 2.37. The molecule has 5 rings (SSSR count). The smallest absolute Gasteiger partial charge is 0.259 e. The zero-order chi connectivity index (χ0) is 22.2. The van der Waals surface area contributed by atoms with E-state index in [4.69, 9.17) is 19.2 Å². The van der Waals surface area contributed by atoms with Crippen LogP contribution in [-0.2, 0) is 11.2 Å². The average Bonchev–Trinajstić information content (AvgIpc) is 3.29. The molecule has 166 valence electrons. The quantitative estimate of drug-likeness (QED) is 0.608. The van der Waals surface area contributed by atoms with Crippen molar-refractivity contribution in [1.29, 1.82) is 0 Å². The number of rotatable bonds is 5. The van der Waals surface area contributed by atoms with Crippen LogP contribution in [0.25, 0.3) is 11.5 Å².